The minimum absolute atomic E-state index is 0.0280. The third-order valence-corrected chi connectivity index (χ3v) is 6.93. The highest BCUT2D eigenvalue weighted by Gasteiger charge is 2.36. The molecule has 36 heavy (non-hydrogen) atoms. The van der Waals surface area contributed by atoms with E-state index in [1.165, 1.54) is 18.2 Å². The van der Waals surface area contributed by atoms with Gasteiger partial charge in [-0.15, -0.1) is 0 Å². The fraction of sp³-hybridized carbons (Fsp3) is 0.407. The van der Waals surface area contributed by atoms with Crippen LogP contribution in [0.2, 0.25) is 0 Å². The van der Waals surface area contributed by atoms with Gasteiger partial charge in [0.2, 0.25) is 5.91 Å². The van der Waals surface area contributed by atoms with Crippen molar-refractivity contribution in [3.8, 4) is 17.2 Å². The summed E-state index contributed by atoms with van der Waals surface area (Å²) in [6.07, 6.45) is 4.16. The molecule has 190 valence electrons. The van der Waals surface area contributed by atoms with Crippen molar-refractivity contribution in [3.05, 3.63) is 58.9 Å². The number of rotatable bonds is 3. The molecular formula is C27H30FN3O5. The van der Waals surface area contributed by atoms with Gasteiger partial charge in [0.1, 0.15) is 24.8 Å². The number of benzene rings is 2. The zero-order valence-electron chi connectivity index (χ0n) is 20.2. The third-order valence-electron chi connectivity index (χ3n) is 6.93. The first kappa shape index (κ1) is 24.1. The first-order valence-electron chi connectivity index (χ1n) is 12.2. The summed E-state index contributed by atoms with van der Waals surface area (Å²) in [7, 11) is 1.62. The van der Waals surface area contributed by atoms with Crippen LogP contribution in [0.3, 0.4) is 0 Å². The van der Waals surface area contributed by atoms with E-state index in [0.29, 0.717) is 44.2 Å². The van der Waals surface area contributed by atoms with E-state index < -0.39 is 5.82 Å². The summed E-state index contributed by atoms with van der Waals surface area (Å²) >= 11 is 0. The molecule has 2 aromatic carbocycles. The molecule has 0 saturated carbocycles. The van der Waals surface area contributed by atoms with E-state index in [2.05, 4.69) is 21.6 Å². The number of nitrogens with one attached hydrogen (secondary N) is 2. The Morgan fingerprint density at radius 2 is 1.97 bits per heavy atom. The van der Waals surface area contributed by atoms with Gasteiger partial charge >= 0.3 is 0 Å². The number of hydrogen-bond donors (Lipinski definition) is 2. The summed E-state index contributed by atoms with van der Waals surface area (Å²) in [6.45, 7) is 1.90. The number of para-hydroxylation sites is 1. The molecule has 1 saturated heterocycles. The van der Waals surface area contributed by atoms with Crippen molar-refractivity contribution < 1.29 is 28.2 Å². The molecule has 3 aliphatic heterocycles. The van der Waals surface area contributed by atoms with Gasteiger partial charge in [-0.05, 0) is 48.8 Å². The minimum Gasteiger partial charge on any atom is -0.493 e. The molecule has 2 amide bonds. The lowest BCUT2D eigenvalue weighted by Crippen LogP contribution is -2.46. The molecule has 1 fully saturated rings. The van der Waals surface area contributed by atoms with Gasteiger partial charge in [-0.25, -0.2) is 4.39 Å². The maximum absolute atomic E-state index is 13.9. The van der Waals surface area contributed by atoms with Gasteiger partial charge in [0.25, 0.3) is 5.91 Å². The second kappa shape index (κ2) is 10.6. The molecule has 2 atom stereocenters. The van der Waals surface area contributed by atoms with Crippen molar-refractivity contribution in [2.24, 2.45) is 0 Å². The van der Waals surface area contributed by atoms with E-state index in [9.17, 15) is 14.0 Å². The van der Waals surface area contributed by atoms with Crippen LogP contribution in [-0.2, 0) is 4.79 Å². The molecule has 0 aliphatic carbocycles. The minimum atomic E-state index is -0.509. The van der Waals surface area contributed by atoms with Crippen molar-refractivity contribution in [1.82, 2.24) is 15.5 Å². The molecule has 0 unspecified atom stereocenters. The average molecular weight is 496 g/mol. The van der Waals surface area contributed by atoms with Crippen LogP contribution < -0.4 is 24.8 Å². The molecule has 2 N–H and O–H groups in total. The van der Waals surface area contributed by atoms with Crippen LogP contribution >= 0.6 is 0 Å². The van der Waals surface area contributed by atoms with E-state index in [1.807, 2.05) is 18.2 Å². The molecule has 0 aromatic heterocycles. The van der Waals surface area contributed by atoms with Gasteiger partial charge in [0, 0.05) is 37.2 Å². The molecule has 3 heterocycles. The smallest absolute Gasteiger partial charge is 0.255 e. The normalized spacial score (nSPS) is 22.6. The van der Waals surface area contributed by atoms with Gasteiger partial charge in [0.05, 0.1) is 19.2 Å². The molecule has 3 aliphatic rings. The van der Waals surface area contributed by atoms with Crippen molar-refractivity contribution in [1.29, 1.82) is 0 Å². The van der Waals surface area contributed by atoms with E-state index in [1.54, 1.807) is 7.11 Å². The van der Waals surface area contributed by atoms with Crippen LogP contribution in [0.4, 0.5) is 4.39 Å². The number of fused-ring (bicyclic) bond motifs is 4. The highest BCUT2D eigenvalue weighted by molar-refractivity contribution is 5.97. The van der Waals surface area contributed by atoms with Crippen LogP contribution in [0, 0.1) is 5.82 Å². The Balaban J connectivity index is 1.38. The quantitative estimate of drug-likeness (QED) is 0.681. The lowest BCUT2D eigenvalue weighted by atomic mass is 10.1. The first-order chi connectivity index (χ1) is 17.5. The Labute approximate surface area is 209 Å². The summed E-state index contributed by atoms with van der Waals surface area (Å²) < 4.78 is 31.0. The van der Waals surface area contributed by atoms with Gasteiger partial charge in [-0.1, -0.05) is 12.1 Å². The number of amides is 2. The maximum Gasteiger partial charge on any atom is 0.255 e. The summed E-state index contributed by atoms with van der Waals surface area (Å²) in [6, 6.07) is 9.73. The van der Waals surface area contributed by atoms with Crippen LogP contribution in [0.15, 0.2) is 42.0 Å². The van der Waals surface area contributed by atoms with E-state index in [-0.39, 0.29) is 36.1 Å². The molecule has 0 radical (unpaired) electrons. The zero-order chi connectivity index (χ0) is 25.1. The SMILES string of the molecule is COc1cccc2c1OCC(CN1[C@@H]3CC[C@H]1CC(=O)NCCOc1ccc(F)cc1C(=O)NC3)=C2. The molecule has 0 spiro atoms. The highest BCUT2D eigenvalue weighted by atomic mass is 19.1. The van der Waals surface area contributed by atoms with Crippen molar-refractivity contribution in [2.45, 2.75) is 31.3 Å². The van der Waals surface area contributed by atoms with Crippen LogP contribution in [0.1, 0.15) is 35.2 Å². The van der Waals surface area contributed by atoms with Crippen molar-refractivity contribution in [2.75, 3.05) is 40.0 Å². The number of halogens is 1. The zero-order valence-corrected chi connectivity index (χ0v) is 20.2. The number of ether oxygens (including phenoxy) is 3. The Bertz CT molecular complexity index is 1180. The highest BCUT2D eigenvalue weighted by Crippen LogP contribution is 2.36. The van der Waals surface area contributed by atoms with E-state index in [4.69, 9.17) is 14.2 Å². The summed E-state index contributed by atoms with van der Waals surface area (Å²) in [5, 5.41) is 5.87. The van der Waals surface area contributed by atoms with Gasteiger partial charge in [-0.3, -0.25) is 14.5 Å². The van der Waals surface area contributed by atoms with Crippen LogP contribution in [-0.4, -0.2) is 68.8 Å². The third kappa shape index (κ3) is 5.16. The Morgan fingerprint density at radius 1 is 1.11 bits per heavy atom. The Kier molecular flexibility index (Phi) is 7.09. The van der Waals surface area contributed by atoms with Gasteiger partial charge < -0.3 is 24.8 Å². The fourth-order valence-corrected chi connectivity index (χ4v) is 5.17. The molecular weight excluding hydrogens is 465 g/mol. The number of methoxy groups -OCH3 is 1. The molecule has 2 aromatic rings. The second-order valence-corrected chi connectivity index (χ2v) is 9.28. The maximum atomic E-state index is 13.9. The number of hydrogen-bond acceptors (Lipinski definition) is 6. The standard InChI is InChI=1S/C27H30FN3O5/c1-34-24-4-2-3-18-11-17(16-36-26(18)24)15-31-20-6-7-21(31)14-30-27(33)22-12-19(28)5-8-23(22)35-10-9-29-25(32)13-20/h2-5,8,11-12,20-21H,6-7,9-10,13-16H2,1H3,(H,29,32)(H,30,33)/t20-,21+/m0/s1. The molecule has 5 rings (SSSR count). The van der Waals surface area contributed by atoms with Crippen LogP contribution in [0.25, 0.3) is 6.08 Å². The molecule has 8 nitrogen and oxygen atoms in total. The lowest BCUT2D eigenvalue weighted by Gasteiger charge is -2.32. The Morgan fingerprint density at radius 3 is 2.83 bits per heavy atom. The topological polar surface area (TPSA) is 89.1 Å². The van der Waals surface area contributed by atoms with Crippen molar-refractivity contribution in [3.63, 3.8) is 0 Å². The number of carbonyl (C=O) groups excluding carboxylic acids is 2. The predicted molar refractivity (Wildman–Crippen MR) is 132 cm³/mol. The van der Waals surface area contributed by atoms with E-state index in [0.717, 1.165) is 29.7 Å². The fourth-order valence-electron chi connectivity index (χ4n) is 5.17. The molecule has 9 heteroatoms. The monoisotopic (exact) mass is 495 g/mol. The molecule has 2 bridgehead atoms. The van der Waals surface area contributed by atoms with Crippen LogP contribution in [0.5, 0.6) is 17.2 Å². The lowest BCUT2D eigenvalue weighted by molar-refractivity contribution is -0.122. The number of carbonyl (C=O) groups is 2. The van der Waals surface area contributed by atoms with Gasteiger partial charge in [-0.2, -0.15) is 0 Å². The van der Waals surface area contributed by atoms with Gasteiger partial charge in [0.15, 0.2) is 11.5 Å². The number of nitrogens with zero attached hydrogens (tertiary/aromatic N) is 1. The summed E-state index contributed by atoms with van der Waals surface area (Å²) in [5.41, 5.74) is 2.18. The average Bonchev–Trinajstić information content (AvgIpc) is 3.25. The second-order valence-electron chi connectivity index (χ2n) is 9.28. The van der Waals surface area contributed by atoms with E-state index >= 15 is 0 Å². The Hall–Kier alpha value is -3.59. The first-order valence-corrected chi connectivity index (χ1v) is 12.2. The largest absolute Gasteiger partial charge is 0.493 e. The van der Waals surface area contributed by atoms with Crippen molar-refractivity contribution >= 4 is 17.9 Å². The summed E-state index contributed by atoms with van der Waals surface area (Å²) in [4.78, 5) is 27.9. The summed E-state index contributed by atoms with van der Waals surface area (Å²) in [5.74, 6) is 0.785. The predicted octanol–water partition coefficient (Wildman–Crippen LogP) is 2.77.